The highest BCUT2D eigenvalue weighted by atomic mass is 16.1. The van der Waals surface area contributed by atoms with Gasteiger partial charge < -0.3 is 11.1 Å². The van der Waals surface area contributed by atoms with Gasteiger partial charge in [-0.1, -0.05) is 18.2 Å². The molecule has 0 aromatic heterocycles. The molecule has 1 aliphatic rings. The lowest BCUT2D eigenvalue weighted by atomic mass is 9.82. The second kappa shape index (κ2) is 5.04. The molecule has 2 atom stereocenters. The number of allylic oxidation sites excluding steroid dienone is 1. The highest BCUT2D eigenvalue weighted by Gasteiger charge is 2.34. The van der Waals surface area contributed by atoms with Crippen LogP contribution < -0.4 is 11.1 Å². The predicted molar refractivity (Wildman–Crippen MR) is 70.3 cm³/mol. The first-order chi connectivity index (χ1) is 8.63. The number of primary amides is 1. The van der Waals surface area contributed by atoms with Crippen molar-refractivity contribution in [3.63, 3.8) is 0 Å². The summed E-state index contributed by atoms with van der Waals surface area (Å²) in [4.78, 5) is 23.4. The Balaban J connectivity index is 2.35. The van der Waals surface area contributed by atoms with Crippen LogP contribution in [0.5, 0.6) is 0 Å². The Hall–Kier alpha value is -2.10. The molecule has 0 fully saturated rings. The molecule has 4 heteroatoms. The van der Waals surface area contributed by atoms with Gasteiger partial charge in [0, 0.05) is 29.6 Å². The number of ketones is 1. The monoisotopic (exact) mass is 244 g/mol. The van der Waals surface area contributed by atoms with Gasteiger partial charge in [0.2, 0.25) is 5.91 Å². The maximum Gasteiger partial charge on any atom is 0.219 e. The van der Waals surface area contributed by atoms with Crippen LogP contribution in [0.15, 0.2) is 36.9 Å². The Kier molecular flexibility index (Phi) is 3.46. The standard InChI is InChI=1S/C14H16N2O2/c1-2-5-9-12(8-13(15)17)16-11-7-4-3-6-10(11)14(9)18/h2-4,6-7,9,12,16H,1,5,8H2,(H2,15,17). The second-order valence-corrected chi connectivity index (χ2v) is 4.46. The van der Waals surface area contributed by atoms with Gasteiger partial charge in [0.25, 0.3) is 0 Å². The highest BCUT2D eigenvalue weighted by molar-refractivity contribution is 6.05. The number of hydrogen-bond acceptors (Lipinski definition) is 3. The van der Waals surface area contributed by atoms with E-state index >= 15 is 0 Å². The molecule has 1 heterocycles. The first-order valence-corrected chi connectivity index (χ1v) is 5.92. The van der Waals surface area contributed by atoms with Crippen molar-refractivity contribution in [1.82, 2.24) is 0 Å². The van der Waals surface area contributed by atoms with Gasteiger partial charge in [-0.05, 0) is 18.6 Å². The summed E-state index contributed by atoms with van der Waals surface area (Å²) < 4.78 is 0. The number of carbonyl (C=O) groups is 2. The molecule has 1 aromatic carbocycles. The van der Waals surface area contributed by atoms with Crippen LogP contribution in [-0.4, -0.2) is 17.7 Å². The van der Waals surface area contributed by atoms with E-state index in [1.807, 2.05) is 18.2 Å². The topological polar surface area (TPSA) is 72.2 Å². The van der Waals surface area contributed by atoms with Crippen molar-refractivity contribution in [1.29, 1.82) is 0 Å². The number of hydrogen-bond donors (Lipinski definition) is 2. The zero-order chi connectivity index (χ0) is 13.1. The Bertz CT molecular complexity index is 496. The summed E-state index contributed by atoms with van der Waals surface area (Å²) in [7, 11) is 0. The second-order valence-electron chi connectivity index (χ2n) is 4.46. The van der Waals surface area contributed by atoms with E-state index < -0.39 is 5.91 Å². The van der Waals surface area contributed by atoms with Crippen molar-refractivity contribution >= 4 is 17.4 Å². The van der Waals surface area contributed by atoms with E-state index in [4.69, 9.17) is 5.73 Å². The van der Waals surface area contributed by atoms with Gasteiger partial charge >= 0.3 is 0 Å². The number of carbonyl (C=O) groups excluding carboxylic acids is 2. The molecule has 0 saturated carbocycles. The molecule has 2 unspecified atom stereocenters. The van der Waals surface area contributed by atoms with Gasteiger partial charge in [-0.2, -0.15) is 0 Å². The molecule has 0 spiro atoms. The maximum atomic E-state index is 12.4. The van der Waals surface area contributed by atoms with Crippen molar-refractivity contribution in [3.05, 3.63) is 42.5 Å². The summed E-state index contributed by atoms with van der Waals surface area (Å²) in [6.45, 7) is 3.66. The van der Waals surface area contributed by atoms with Crippen LogP contribution >= 0.6 is 0 Å². The highest BCUT2D eigenvalue weighted by Crippen LogP contribution is 2.31. The molecule has 1 amide bonds. The fourth-order valence-electron chi connectivity index (χ4n) is 2.37. The van der Waals surface area contributed by atoms with Crippen LogP contribution in [0.3, 0.4) is 0 Å². The number of Topliss-reactive ketones (excluding diaryl/α,β-unsaturated/α-hetero) is 1. The lowest BCUT2D eigenvalue weighted by Gasteiger charge is -2.32. The molecule has 2 rings (SSSR count). The number of nitrogens with two attached hydrogens (primary N) is 1. The van der Waals surface area contributed by atoms with Gasteiger partial charge in [0.05, 0.1) is 0 Å². The van der Waals surface area contributed by atoms with E-state index in [9.17, 15) is 9.59 Å². The summed E-state index contributed by atoms with van der Waals surface area (Å²) >= 11 is 0. The molecule has 0 saturated heterocycles. The average molecular weight is 244 g/mol. The number of rotatable bonds is 4. The SMILES string of the molecule is C=CCC1C(=O)c2ccccc2NC1CC(N)=O. The Morgan fingerprint density at radius 2 is 2.17 bits per heavy atom. The predicted octanol–water partition coefficient (Wildman–Crippen LogP) is 1.73. The number of anilines is 1. The van der Waals surface area contributed by atoms with Crippen molar-refractivity contribution in [2.75, 3.05) is 5.32 Å². The van der Waals surface area contributed by atoms with Gasteiger partial charge in [-0.3, -0.25) is 9.59 Å². The van der Waals surface area contributed by atoms with Crippen LogP contribution in [0.1, 0.15) is 23.2 Å². The summed E-state index contributed by atoms with van der Waals surface area (Å²) in [5.74, 6) is -0.630. The minimum atomic E-state index is -0.409. The number of amides is 1. The third kappa shape index (κ3) is 2.27. The van der Waals surface area contributed by atoms with E-state index in [1.54, 1.807) is 12.1 Å². The van der Waals surface area contributed by atoms with Crippen molar-refractivity contribution < 1.29 is 9.59 Å². The Labute approximate surface area is 106 Å². The van der Waals surface area contributed by atoms with E-state index in [0.29, 0.717) is 12.0 Å². The largest absolute Gasteiger partial charge is 0.380 e. The molecule has 94 valence electrons. The number of nitrogens with one attached hydrogen (secondary N) is 1. The number of para-hydroxylation sites is 1. The molecule has 18 heavy (non-hydrogen) atoms. The van der Waals surface area contributed by atoms with Crippen LogP contribution in [0.25, 0.3) is 0 Å². The first-order valence-electron chi connectivity index (χ1n) is 5.92. The molecule has 0 bridgehead atoms. The van der Waals surface area contributed by atoms with Crippen molar-refractivity contribution in [3.8, 4) is 0 Å². The molecular weight excluding hydrogens is 228 g/mol. The maximum absolute atomic E-state index is 12.4. The van der Waals surface area contributed by atoms with Gasteiger partial charge in [0.15, 0.2) is 5.78 Å². The summed E-state index contributed by atoms with van der Waals surface area (Å²) in [6.07, 6.45) is 2.39. The third-order valence-corrected chi connectivity index (χ3v) is 3.20. The lowest BCUT2D eigenvalue weighted by Crippen LogP contribution is -2.41. The average Bonchev–Trinajstić information content (AvgIpc) is 2.33. The molecule has 3 N–H and O–H groups in total. The van der Waals surface area contributed by atoms with E-state index in [2.05, 4.69) is 11.9 Å². The molecular formula is C14H16N2O2. The van der Waals surface area contributed by atoms with E-state index in [-0.39, 0.29) is 24.2 Å². The fraction of sp³-hybridized carbons (Fsp3) is 0.286. The smallest absolute Gasteiger partial charge is 0.219 e. The zero-order valence-electron chi connectivity index (χ0n) is 10.1. The van der Waals surface area contributed by atoms with Gasteiger partial charge in [0.1, 0.15) is 0 Å². The summed E-state index contributed by atoms with van der Waals surface area (Å²) in [5, 5.41) is 3.22. The molecule has 1 aromatic rings. The number of benzene rings is 1. The number of fused-ring (bicyclic) bond motifs is 1. The Morgan fingerprint density at radius 1 is 1.44 bits per heavy atom. The fourth-order valence-corrected chi connectivity index (χ4v) is 2.37. The third-order valence-electron chi connectivity index (χ3n) is 3.20. The van der Waals surface area contributed by atoms with Crippen LogP contribution in [-0.2, 0) is 4.79 Å². The van der Waals surface area contributed by atoms with E-state index in [1.165, 1.54) is 0 Å². The Morgan fingerprint density at radius 3 is 2.83 bits per heavy atom. The first kappa shape index (κ1) is 12.4. The van der Waals surface area contributed by atoms with Gasteiger partial charge in [-0.25, -0.2) is 0 Å². The lowest BCUT2D eigenvalue weighted by molar-refractivity contribution is -0.118. The van der Waals surface area contributed by atoms with Crippen molar-refractivity contribution in [2.24, 2.45) is 11.7 Å². The molecule has 1 aliphatic heterocycles. The van der Waals surface area contributed by atoms with Crippen LogP contribution in [0, 0.1) is 5.92 Å². The van der Waals surface area contributed by atoms with Crippen LogP contribution in [0.4, 0.5) is 5.69 Å². The van der Waals surface area contributed by atoms with Gasteiger partial charge in [-0.15, -0.1) is 6.58 Å². The minimum absolute atomic E-state index is 0.0514. The van der Waals surface area contributed by atoms with Crippen molar-refractivity contribution in [2.45, 2.75) is 18.9 Å². The minimum Gasteiger partial charge on any atom is -0.380 e. The summed E-state index contributed by atoms with van der Waals surface area (Å²) in [6, 6.07) is 7.07. The van der Waals surface area contributed by atoms with Crippen LogP contribution in [0.2, 0.25) is 0 Å². The molecule has 0 radical (unpaired) electrons. The molecule has 4 nitrogen and oxygen atoms in total. The summed E-state index contributed by atoms with van der Waals surface area (Å²) in [5.41, 5.74) is 6.67. The zero-order valence-corrected chi connectivity index (χ0v) is 10.1. The normalized spacial score (nSPS) is 21.9. The molecule has 0 aliphatic carbocycles. The van der Waals surface area contributed by atoms with E-state index in [0.717, 1.165) is 5.69 Å². The quantitative estimate of drug-likeness (QED) is 0.792.